The van der Waals surface area contributed by atoms with Crippen molar-refractivity contribution in [2.24, 2.45) is 0 Å². The fourth-order valence-electron chi connectivity index (χ4n) is 2.76. The van der Waals surface area contributed by atoms with Crippen LogP contribution >= 0.6 is 0 Å². The quantitative estimate of drug-likeness (QED) is 0.702. The smallest absolute Gasteiger partial charge is 0.240 e. The predicted octanol–water partition coefficient (Wildman–Crippen LogP) is 0.00910. The molecule has 0 spiro atoms. The summed E-state index contributed by atoms with van der Waals surface area (Å²) in [4.78, 5) is 13.3. The van der Waals surface area contributed by atoms with Gasteiger partial charge in [0.25, 0.3) is 0 Å². The highest BCUT2D eigenvalue weighted by molar-refractivity contribution is 7.91. The fourth-order valence-corrected chi connectivity index (χ4v) is 5.51. The molecular formula is C15H22N2O6S2. The highest BCUT2D eigenvalue weighted by atomic mass is 32.2. The third-order valence-corrected chi connectivity index (χ3v) is 7.30. The van der Waals surface area contributed by atoms with Crippen molar-refractivity contribution in [2.75, 3.05) is 31.7 Å². The number of nitrogens with one attached hydrogen (secondary N) is 1. The summed E-state index contributed by atoms with van der Waals surface area (Å²) >= 11 is 0. The zero-order chi connectivity index (χ0) is 18.7. The predicted molar refractivity (Wildman–Crippen MR) is 92.6 cm³/mol. The summed E-state index contributed by atoms with van der Waals surface area (Å²) in [6.45, 7) is 1.47. The number of ether oxygens (including phenoxy) is 1. The second-order valence-corrected chi connectivity index (χ2v) is 9.84. The molecule has 0 saturated carbocycles. The minimum absolute atomic E-state index is 0.00445. The Morgan fingerprint density at radius 1 is 1.32 bits per heavy atom. The molecule has 2 rings (SSSR count). The molecule has 1 N–H and O–H groups in total. The Morgan fingerprint density at radius 3 is 2.44 bits per heavy atom. The maximum atomic E-state index is 12.3. The number of sulfone groups is 1. The van der Waals surface area contributed by atoms with E-state index in [9.17, 15) is 21.6 Å². The second-order valence-electron chi connectivity index (χ2n) is 5.84. The van der Waals surface area contributed by atoms with Crippen LogP contribution in [0.2, 0.25) is 0 Å². The number of hydrogen-bond donors (Lipinski definition) is 1. The number of sulfonamides is 1. The molecule has 1 saturated heterocycles. The Morgan fingerprint density at radius 2 is 1.96 bits per heavy atom. The van der Waals surface area contributed by atoms with E-state index in [0.29, 0.717) is 12.2 Å². The molecule has 10 heteroatoms. The van der Waals surface area contributed by atoms with Crippen molar-refractivity contribution < 1.29 is 26.4 Å². The molecule has 0 aromatic heterocycles. The molecule has 1 atom stereocenters. The molecule has 1 aliphatic rings. The summed E-state index contributed by atoms with van der Waals surface area (Å²) in [5.41, 5.74) is 0. The molecule has 0 radical (unpaired) electrons. The van der Waals surface area contributed by atoms with Gasteiger partial charge in [-0.2, -0.15) is 0 Å². The lowest BCUT2D eigenvalue weighted by Gasteiger charge is -2.27. The van der Waals surface area contributed by atoms with Gasteiger partial charge in [-0.25, -0.2) is 21.6 Å². The molecule has 25 heavy (non-hydrogen) atoms. The van der Waals surface area contributed by atoms with Gasteiger partial charge in [0, 0.05) is 26.1 Å². The van der Waals surface area contributed by atoms with Crippen LogP contribution in [0.1, 0.15) is 13.3 Å². The van der Waals surface area contributed by atoms with E-state index < -0.39 is 25.9 Å². The summed E-state index contributed by atoms with van der Waals surface area (Å²) in [7, 11) is -5.35. The van der Waals surface area contributed by atoms with Gasteiger partial charge in [-0.3, -0.25) is 4.79 Å². The van der Waals surface area contributed by atoms with Crippen LogP contribution in [0.15, 0.2) is 29.2 Å². The average molecular weight is 390 g/mol. The van der Waals surface area contributed by atoms with E-state index in [2.05, 4.69) is 4.72 Å². The standard InChI is InChI=1S/C15H22N2O6S2/c1-12(18)17(13-7-10-24(19,20)11-13)9-8-16-25(21,22)15-5-3-14(23-2)4-6-15/h3-6,13,16H,7-11H2,1-2H3. The highest BCUT2D eigenvalue weighted by Crippen LogP contribution is 2.18. The molecule has 1 aromatic rings. The first-order valence-electron chi connectivity index (χ1n) is 7.76. The highest BCUT2D eigenvalue weighted by Gasteiger charge is 2.33. The van der Waals surface area contributed by atoms with E-state index in [4.69, 9.17) is 4.74 Å². The first-order chi connectivity index (χ1) is 11.6. The topological polar surface area (TPSA) is 110 Å². The number of benzene rings is 1. The molecular weight excluding hydrogens is 368 g/mol. The van der Waals surface area contributed by atoms with Crippen molar-refractivity contribution in [1.82, 2.24) is 9.62 Å². The number of carbonyl (C=O) groups is 1. The number of rotatable bonds is 7. The Balaban J connectivity index is 1.97. The molecule has 1 heterocycles. The monoisotopic (exact) mass is 390 g/mol. The lowest BCUT2D eigenvalue weighted by atomic mass is 10.2. The van der Waals surface area contributed by atoms with Gasteiger partial charge in [-0.05, 0) is 30.7 Å². The minimum Gasteiger partial charge on any atom is -0.497 e. The first-order valence-corrected chi connectivity index (χ1v) is 11.1. The van der Waals surface area contributed by atoms with Crippen LogP contribution in [0, 0.1) is 0 Å². The first kappa shape index (κ1) is 19.7. The van der Waals surface area contributed by atoms with Crippen LogP contribution in [0.3, 0.4) is 0 Å². The normalized spacial score (nSPS) is 19.5. The number of methoxy groups -OCH3 is 1. The van der Waals surface area contributed by atoms with Crippen LogP contribution in [-0.2, 0) is 24.7 Å². The molecule has 140 valence electrons. The average Bonchev–Trinajstić information content (AvgIpc) is 2.91. The van der Waals surface area contributed by atoms with E-state index in [-0.39, 0.29) is 35.4 Å². The van der Waals surface area contributed by atoms with Gasteiger partial charge in [-0.15, -0.1) is 0 Å². The largest absolute Gasteiger partial charge is 0.497 e. The zero-order valence-electron chi connectivity index (χ0n) is 14.1. The van der Waals surface area contributed by atoms with Gasteiger partial charge in [0.2, 0.25) is 15.9 Å². The van der Waals surface area contributed by atoms with Crippen LogP contribution in [0.5, 0.6) is 5.75 Å². The van der Waals surface area contributed by atoms with Crippen molar-refractivity contribution in [3.05, 3.63) is 24.3 Å². The molecule has 0 aliphatic carbocycles. The molecule has 1 amide bonds. The van der Waals surface area contributed by atoms with Crippen LogP contribution in [-0.4, -0.2) is 65.4 Å². The SMILES string of the molecule is COc1ccc(S(=O)(=O)NCCN(C(C)=O)C2CCS(=O)(=O)C2)cc1. The van der Waals surface area contributed by atoms with E-state index in [0.717, 1.165) is 0 Å². The number of hydrogen-bond acceptors (Lipinski definition) is 6. The van der Waals surface area contributed by atoms with Crippen molar-refractivity contribution in [2.45, 2.75) is 24.3 Å². The molecule has 1 fully saturated rings. The van der Waals surface area contributed by atoms with Gasteiger partial charge in [-0.1, -0.05) is 0 Å². The van der Waals surface area contributed by atoms with Gasteiger partial charge in [0.1, 0.15) is 5.75 Å². The van der Waals surface area contributed by atoms with E-state index in [1.807, 2.05) is 0 Å². The maximum Gasteiger partial charge on any atom is 0.240 e. The minimum atomic E-state index is -3.71. The van der Waals surface area contributed by atoms with Crippen molar-refractivity contribution in [3.8, 4) is 5.75 Å². The third-order valence-electron chi connectivity index (χ3n) is 4.07. The molecule has 0 bridgehead atoms. The van der Waals surface area contributed by atoms with Crippen LogP contribution < -0.4 is 9.46 Å². The number of carbonyl (C=O) groups excluding carboxylic acids is 1. The Kier molecular flexibility index (Phi) is 6.07. The third kappa shape index (κ3) is 5.16. The summed E-state index contributed by atoms with van der Waals surface area (Å²) in [6, 6.07) is 5.54. The van der Waals surface area contributed by atoms with Crippen LogP contribution in [0.4, 0.5) is 0 Å². The van der Waals surface area contributed by atoms with Crippen LogP contribution in [0.25, 0.3) is 0 Å². The Labute approximate surface area is 148 Å². The molecule has 1 aromatic carbocycles. The number of nitrogens with zero attached hydrogens (tertiary/aromatic N) is 1. The zero-order valence-corrected chi connectivity index (χ0v) is 15.8. The van der Waals surface area contributed by atoms with E-state index >= 15 is 0 Å². The summed E-state index contributed by atoms with van der Waals surface area (Å²) < 4.78 is 55.1. The summed E-state index contributed by atoms with van der Waals surface area (Å²) in [5, 5.41) is 0. The molecule has 8 nitrogen and oxygen atoms in total. The van der Waals surface area contributed by atoms with Gasteiger partial charge in [0.15, 0.2) is 9.84 Å². The lowest BCUT2D eigenvalue weighted by molar-refractivity contribution is -0.130. The van der Waals surface area contributed by atoms with Gasteiger partial charge < -0.3 is 9.64 Å². The van der Waals surface area contributed by atoms with Crippen molar-refractivity contribution in [3.63, 3.8) is 0 Å². The van der Waals surface area contributed by atoms with E-state index in [1.165, 1.54) is 31.1 Å². The van der Waals surface area contributed by atoms with Gasteiger partial charge in [0.05, 0.1) is 23.5 Å². The lowest BCUT2D eigenvalue weighted by Crippen LogP contribution is -2.44. The summed E-state index contributed by atoms with van der Waals surface area (Å²) in [5.74, 6) is 0.256. The number of amides is 1. The molecule has 1 unspecified atom stereocenters. The second kappa shape index (κ2) is 7.71. The van der Waals surface area contributed by atoms with Gasteiger partial charge >= 0.3 is 0 Å². The van der Waals surface area contributed by atoms with Crippen molar-refractivity contribution >= 4 is 25.8 Å². The molecule has 1 aliphatic heterocycles. The van der Waals surface area contributed by atoms with E-state index in [1.54, 1.807) is 12.1 Å². The maximum absolute atomic E-state index is 12.3. The Hall–Kier alpha value is -1.65. The summed E-state index contributed by atoms with van der Waals surface area (Å²) in [6.07, 6.45) is 0.382. The Bertz CT molecular complexity index is 818. The fraction of sp³-hybridized carbons (Fsp3) is 0.533. The van der Waals surface area contributed by atoms with Crippen molar-refractivity contribution in [1.29, 1.82) is 0 Å².